The van der Waals surface area contributed by atoms with Crippen molar-refractivity contribution < 1.29 is 13.2 Å². The molecule has 2 rings (SSSR count). The summed E-state index contributed by atoms with van der Waals surface area (Å²) in [7, 11) is -3.46. The van der Waals surface area contributed by atoms with Crippen LogP contribution in [0.3, 0.4) is 0 Å². The van der Waals surface area contributed by atoms with Gasteiger partial charge in [-0.05, 0) is 37.5 Å². The van der Waals surface area contributed by atoms with Crippen LogP contribution >= 0.6 is 0 Å². The fraction of sp³-hybridized carbons (Fsp3) is 0.571. The van der Waals surface area contributed by atoms with Crippen molar-refractivity contribution in [2.24, 2.45) is 10.6 Å². The molecule has 0 bridgehead atoms. The summed E-state index contributed by atoms with van der Waals surface area (Å²) in [6, 6.07) is 7.79. The summed E-state index contributed by atoms with van der Waals surface area (Å²) in [6.07, 6.45) is 3.84. The van der Waals surface area contributed by atoms with Crippen LogP contribution in [0.2, 0.25) is 0 Å². The number of primary sulfonamides is 1. The summed E-state index contributed by atoms with van der Waals surface area (Å²) in [6.45, 7) is 2.43. The average Bonchev–Trinajstić information content (AvgIpc) is 2.73. The number of hydrogen-bond acceptors (Lipinski definition) is 3. The third kappa shape index (κ3) is 4.21. The van der Waals surface area contributed by atoms with Gasteiger partial charge in [0.1, 0.15) is 5.75 Å². The fourth-order valence-electron chi connectivity index (χ4n) is 2.82. The van der Waals surface area contributed by atoms with Crippen molar-refractivity contribution in [3.05, 3.63) is 29.8 Å². The fourth-order valence-corrected chi connectivity index (χ4v) is 4.05. The van der Waals surface area contributed by atoms with Crippen LogP contribution in [0, 0.1) is 12.3 Å². The van der Waals surface area contributed by atoms with Gasteiger partial charge in [0.15, 0.2) is 0 Å². The van der Waals surface area contributed by atoms with E-state index in [0.29, 0.717) is 6.61 Å². The first-order chi connectivity index (χ1) is 8.89. The Morgan fingerprint density at radius 1 is 1.32 bits per heavy atom. The van der Waals surface area contributed by atoms with E-state index in [0.717, 1.165) is 37.0 Å². The maximum absolute atomic E-state index is 11.4. The van der Waals surface area contributed by atoms with Gasteiger partial charge in [0, 0.05) is 5.41 Å². The molecule has 1 aliphatic rings. The molecule has 0 saturated heterocycles. The van der Waals surface area contributed by atoms with Gasteiger partial charge in [-0.25, -0.2) is 13.6 Å². The van der Waals surface area contributed by atoms with Crippen LogP contribution in [-0.2, 0) is 10.0 Å². The maximum atomic E-state index is 11.4. The van der Waals surface area contributed by atoms with Crippen LogP contribution in [0.5, 0.6) is 5.75 Å². The summed E-state index contributed by atoms with van der Waals surface area (Å²) in [4.78, 5) is 0. The number of nitrogens with two attached hydrogens (primary N) is 1. The second-order valence-corrected chi connectivity index (χ2v) is 7.23. The molecular weight excluding hydrogens is 262 g/mol. The lowest BCUT2D eigenvalue weighted by Gasteiger charge is -2.27. The van der Waals surface area contributed by atoms with E-state index < -0.39 is 10.0 Å². The Hall–Kier alpha value is -1.07. The minimum atomic E-state index is -3.46. The lowest BCUT2D eigenvalue weighted by Crippen LogP contribution is -2.36. The van der Waals surface area contributed by atoms with E-state index in [4.69, 9.17) is 9.88 Å². The van der Waals surface area contributed by atoms with Crippen molar-refractivity contribution >= 4 is 10.0 Å². The number of rotatable bonds is 5. The Morgan fingerprint density at radius 3 is 2.58 bits per heavy atom. The van der Waals surface area contributed by atoms with Crippen molar-refractivity contribution in [1.82, 2.24) is 0 Å². The van der Waals surface area contributed by atoms with Crippen molar-refractivity contribution in [3.63, 3.8) is 0 Å². The van der Waals surface area contributed by atoms with Crippen molar-refractivity contribution in [2.45, 2.75) is 32.6 Å². The monoisotopic (exact) mass is 283 g/mol. The lowest BCUT2D eigenvalue weighted by atomic mass is 9.90. The van der Waals surface area contributed by atoms with E-state index in [2.05, 4.69) is 0 Å². The Kier molecular flexibility index (Phi) is 4.16. The lowest BCUT2D eigenvalue weighted by molar-refractivity contribution is 0.170. The van der Waals surface area contributed by atoms with Gasteiger partial charge in [-0.2, -0.15) is 0 Å². The van der Waals surface area contributed by atoms with Gasteiger partial charge in [-0.1, -0.05) is 25.0 Å². The summed E-state index contributed by atoms with van der Waals surface area (Å²) >= 11 is 0. The smallest absolute Gasteiger partial charge is 0.209 e. The Labute approximate surface area is 115 Å². The normalized spacial score (nSPS) is 18.4. The molecule has 2 N–H and O–H groups in total. The van der Waals surface area contributed by atoms with E-state index in [1.54, 1.807) is 0 Å². The highest BCUT2D eigenvalue weighted by Crippen LogP contribution is 2.39. The van der Waals surface area contributed by atoms with Crippen LogP contribution in [-0.4, -0.2) is 20.8 Å². The molecule has 0 aliphatic heterocycles. The van der Waals surface area contributed by atoms with E-state index in [9.17, 15) is 8.42 Å². The van der Waals surface area contributed by atoms with Gasteiger partial charge in [0.05, 0.1) is 12.4 Å². The van der Waals surface area contributed by atoms with Gasteiger partial charge in [0.25, 0.3) is 0 Å². The average molecular weight is 283 g/mol. The van der Waals surface area contributed by atoms with E-state index in [-0.39, 0.29) is 11.2 Å². The van der Waals surface area contributed by atoms with E-state index in [1.165, 1.54) is 0 Å². The molecule has 4 nitrogen and oxygen atoms in total. The molecule has 0 heterocycles. The van der Waals surface area contributed by atoms with E-state index >= 15 is 0 Å². The highest BCUT2D eigenvalue weighted by molar-refractivity contribution is 7.89. The molecule has 1 fully saturated rings. The molecule has 5 heteroatoms. The van der Waals surface area contributed by atoms with Crippen molar-refractivity contribution in [3.8, 4) is 5.75 Å². The zero-order chi connectivity index (χ0) is 13.9. The molecule has 1 aromatic rings. The molecule has 0 amide bonds. The number of aryl methyl sites for hydroxylation is 1. The molecule has 106 valence electrons. The van der Waals surface area contributed by atoms with Gasteiger partial charge in [0.2, 0.25) is 10.0 Å². The Balaban J connectivity index is 2.05. The molecule has 1 aromatic carbocycles. The van der Waals surface area contributed by atoms with E-state index in [1.807, 2.05) is 31.2 Å². The molecule has 0 aromatic heterocycles. The number of sulfonamides is 1. The first kappa shape index (κ1) is 14.3. The summed E-state index contributed by atoms with van der Waals surface area (Å²) < 4.78 is 28.6. The molecule has 19 heavy (non-hydrogen) atoms. The van der Waals surface area contributed by atoms with Gasteiger partial charge < -0.3 is 4.74 Å². The number of ether oxygens (including phenoxy) is 1. The minimum absolute atomic E-state index is 0.0197. The predicted molar refractivity (Wildman–Crippen MR) is 75.5 cm³/mol. The van der Waals surface area contributed by atoms with Gasteiger partial charge in [-0.15, -0.1) is 0 Å². The maximum Gasteiger partial charge on any atom is 0.209 e. The first-order valence-electron chi connectivity index (χ1n) is 6.59. The highest BCUT2D eigenvalue weighted by Gasteiger charge is 2.38. The highest BCUT2D eigenvalue weighted by atomic mass is 32.2. The molecule has 0 unspecified atom stereocenters. The SMILES string of the molecule is Cc1cccc(OCC2(CS(N)(=O)=O)CCCC2)c1. The summed E-state index contributed by atoms with van der Waals surface area (Å²) in [5, 5.41) is 5.21. The molecule has 1 saturated carbocycles. The topological polar surface area (TPSA) is 69.4 Å². The number of hydrogen-bond donors (Lipinski definition) is 1. The third-order valence-corrected chi connectivity index (χ3v) is 4.72. The summed E-state index contributed by atoms with van der Waals surface area (Å²) in [5.41, 5.74) is 0.821. The van der Waals surface area contributed by atoms with Crippen LogP contribution in [0.1, 0.15) is 31.2 Å². The van der Waals surface area contributed by atoms with Crippen LogP contribution < -0.4 is 9.88 Å². The minimum Gasteiger partial charge on any atom is -0.493 e. The van der Waals surface area contributed by atoms with Gasteiger partial charge >= 0.3 is 0 Å². The number of benzene rings is 1. The predicted octanol–water partition coefficient (Wildman–Crippen LogP) is 2.22. The molecule has 1 aliphatic carbocycles. The second kappa shape index (κ2) is 5.51. The second-order valence-electron chi connectivity index (χ2n) is 5.62. The van der Waals surface area contributed by atoms with Crippen LogP contribution in [0.4, 0.5) is 0 Å². The molecule has 0 spiro atoms. The van der Waals surface area contributed by atoms with Crippen LogP contribution in [0.25, 0.3) is 0 Å². The first-order valence-corrected chi connectivity index (χ1v) is 8.30. The zero-order valence-corrected chi connectivity index (χ0v) is 12.1. The Bertz CT molecular complexity index is 533. The quantitative estimate of drug-likeness (QED) is 0.901. The molecular formula is C14H21NO3S. The van der Waals surface area contributed by atoms with Gasteiger partial charge in [-0.3, -0.25) is 0 Å². The summed E-state index contributed by atoms with van der Waals surface area (Å²) in [5.74, 6) is 0.812. The van der Waals surface area contributed by atoms with Crippen LogP contribution in [0.15, 0.2) is 24.3 Å². The Morgan fingerprint density at radius 2 is 2.00 bits per heavy atom. The zero-order valence-electron chi connectivity index (χ0n) is 11.3. The molecule has 0 radical (unpaired) electrons. The standard InChI is InChI=1S/C14H21NO3S/c1-12-5-4-6-13(9-12)18-10-14(7-2-3-8-14)11-19(15,16)17/h4-6,9H,2-3,7-8,10-11H2,1H3,(H2,15,16,17). The van der Waals surface area contributed by atoms with Crippen molar-refractivity contribution in [2.75, 3.05) is 12.4 Å². The van der Waals surface area contributed by atoms with Crippen molar-refractivity contribution in [1.29, 1.82) is 0 Å². The largest absolute Gasteiger partial charge is 0.493 e. The third-order valence-electron chi connectivity index (χ3n) is 3.71. The molecule has 0 atom stereocenters.